The molecule has 0 bridgehead atoms. The van der Waals surface area contributed by atoms with Gasteiger partial charge in [0.05, 0.1) is 19.9 Å². The van der Waals surface area contributed by atoms with Gasteiger partial charge in [0.2, 0.25) is 0 Å². The number of amides is 2. The van der Waals surface area contributed by atoms with E-state index in [2.05, 4.69) is 15.8 Å². The maximum Gasteiger partial charge on any atom is 0.329 e. The number of ether oxygens (including phenoxy) is 3. The van der Waals surface area contributed by atoms with Gasteiger partial charge in [-0.05, 0) is 73.0 Å². The zero-order valence-corrected chi connectivity index (χ0v) is 19.3. The molecule has 8 heteroatoms. The monoisotopic (exact) mass is 461 g/mol. The Balaban J connectivity index is 1.54. The second kappa shape index (κ2) is 12.1. The molecule has 0 saturated heterocycles. The van der Waals surface area contributed by atoms with Crippen LogP contribution in [0, 0.1) is 6.92 Å². The third-order valence-electron chi connectivity index (χ3n) is 4.84. The highest BCUT2D eigenvalue weighted by Crippen LogP contribution is 2.28. The van der Waals surface area contributed by atoms with Crippen LogP contribution in [-0.2, 0) is 16.2 Å². The minimum atomic E-state index is -0.893. The lowest BCUT2D eigenvalue weighted by Gasteiger charge is -2.12. The molecule has 2 amide bonds. The van der Waals surface area contributed by atoms with E-state index in [1.54, 1.807) is 49.6 Å². The molecule has 2 N–H and O–H groups in total. The Hall–Kier alpha value is -4.33. The Morgan fingerprint density at radius 2 is 1.71 bits per heavy atom. The molecule has 0 fully saturated rings. The highest BCUT2D eigenvalue weighted by molar-refractivity contribution is 6.39. The minimum absolute atomic E-state index is 0.413. The summed E-state index contributed by atoms with van der Waals surface area (Å²) in [5.74, 6) is 0.0597. The summed E-state index contributed by atoms with van der Waals surface area (Å²) in [5.41, 5.74) is 5.57. The van der Waals surface area contributed by atoms with Crippen molar-refractivity contribution in [1.29, 1.82) is 0 Å². The molecule has 0 atom stereocenters. The summed E-state index contributed by atoms with van der Waals surface area (Å²) in [6.45, 7) is 4.87. The lowest BCUT2D eigenvalue weighted by Crippen LogP contribution is -2.32. The lowest BCUT2D eigenvalue weighted by atomic mass is 10.1. The Morgan fingerprint density at radius 1 is 0.941 bits per heavy atom. The lowest BCUT2D eigenvalue weighted by molar-refractivity contribution is -0.136. The van der Waals surface area contributed by atoms with E-state index in [1.165, 1.54) is 6.21 Å². The number of hydrogen-bond acceptors (Lipinski definition) is 6. The summed E-state index contributed by atoms with van der Waals surface area (Å²) in [4.78, 5) is 24.1. The molecule has 0 aliphatic heterocycles. The molecule has 0 unspecified atom stereocenters. The van der Waals surface area contributed by atoms with E-state index in [0.717, 1.165) is 11.1 Å². The van der Waals surface area contributed by atoms with E-state index >= 15 is 0 Å². The van der Waals surface area contributed by atoms with Gasteiger partial charge in [-0.3, -0.25) is 9.59 Å². The molecule has 3 aromatic carbocycles. The van der Waals surface area contributed by atoms with E-state index in [1.807, 2.05) is 38.1 Å². The third kappa shape index (κ3) is 6.83. The number of aryl methyl sites for hydroxylation is 1. The van der Waals surface area contributed by atoms with E-state index in [9.17, 15) is 9.59 Å². The zero-order valence-electron chi connectivity index (χ0n) is 19.3. The zero-order chi connectivity index (χ0) is 24.3. The summed E-state index contributed by atoms with van der Waals surface area (Å²) in [5, 5.41) is 6.35. The quantitative estimate of drug-likeness (QED) is 0.284. The van der Waals surface area contributed by atoms with Gasteiger partial charge in [0.1, 0.15) is 12.4 Å². The van der Waals surface area contributed by atoms with Crippen LogP contribution in [0.3, 0.4) is 0 Å². The van der Waals surface area contributed by atoms with Crippen LogP contribution in [0.25, 0.3) is 0 Å². The van der Waals surface area contributed by atoms with Crippen LogP contribution in [0.1, 0.15) is 23.6 Å². The first-order valence-electron chi connectivity index (χ1n) is 10.7. The minimum Gasteiger partial charge on any atom is -0.494 e. The molecule has 0 aliphatic rings. The summed E-state index contributed by atoms with van der Waals surface area (Å²) in [6.07, 6.45) is 1.41. The van der Waals surface area contributed by atoms with Crippen molar-refractivity contribution in [2.24, 2.45) is 5.10 Å². The number of rotatable bonds is 9. The van der Waals surface area contributed by atoms with Gasteiger partial charge in [-0.2, -0.15) is 5.10 Å². The summed E-state index contributed by atoms with van der Waals surface area (Å²) >= 11 is 0. The van der Waals surface area contributed by atoms with Crippen molar-refractivity contribution < 1.29 is 23.8 Å². The van der Waals surface area contributed by atoms with Gasteiger partial charge in [0.25, 0.3) is 0 Å². The van der Waals surface area contributed by atoms with Crippen molar-refractivity contribution in [3.8, 4) is 17.2 Å². The maximum atomic E-state index is 12.1. The molecule has 176 valence electrons. The fraction of sp³-hybridized carbons (Fsp3) is 0.192. The molecule has 0 saturated carbocycles. The number of carbonyl (C=O) groups is 2. The van der Waals surface area contributed by atoms with Crippen LogP contribution < -0.4 is 25.0 Å². The fourth-order valence-corrected chi connectivity index (χ4v) is 3.02. The summed E-state index contributed by atoms with van der Waals surface area (Å²) in [6, 6.07) is 20.0. The molecule has 0 spiro atoms. The Morgan fingerprint density at radius 3 is 2.41 bits per heavy atom. The van der Waals surface area contributed by atoms with E-state index < -0.39 is 11.8 Å². The fourth-order valence-electron chi connectivity index (χ4n) is 3.02. The molecule has 0 aliphatic carbocycles. The second-order valence-corrected chi connectivity index (χ2v) is 7.24. The molecule has 0 radical (unpaired) electrons. The molecule has 3 aromatic rings. The predicted octanol–water partition coefficient (Wildman–Crippen LogP) is 4.07. The van der Waals surface area contributed by atoms with Crippen molar-refractivity contribution in [3.05, 3.63) is 83.4 Å². The molecule has 0 heterocycles. The van der Waals surface area contributed by atoms with E-state index in [4.69, 9.17) is 14.2 Å². The number of nitrogens with one attached hydrogen (secondary N) is 2. The van der Waals surface area contributed by atoms with Crippen LogP contribution in [0.4, 0.5) is 5.69 Å². The van der Waals surface area contributed by atoms with Crippen molar-refractivity contribution in [2.45, 2.75) is 20.5 Å². The van der Waals surface area contributed by atoms with Crippen LogP contribution in [-0.4, -0.2) is 31.7 Å². The average Bonchev–Trinajstić information content (AvgIpc) is 2.85. The van der Waals surface area contributed by atoms with Gasteiger partial charge in [-0.15, -0.1) is 0 Å². The number of benzene rings is 3. The number of hydrazone groups is 1. The van der Waals surface area contributed by atoms with Gasteiger partial charge in [0, 0.05) is 5.69 Å². The van der Waals surface area contributed by atoms with Crippen LogP contribution in [0.5, 0.6) is 17.2 Å². The summed E-state index contributed by atoms with van der Waals surface area (Å²) in [7, 11) is 1.55. The number of nitrogens with zero attached hydrogens (tertiary/aromatic N) is 1. The summed E-state index contributed by atoms with van der Waals surface area (Å²) < 4.78 is 16.7. The number of anilines is 1. The van der Waals surface area contributed by atoms with Crippen LogP contribution in [0.2, 0.25) is 0 Å². The molecule has 34 heavy (non-hydrogen) atoms. The van der Waals surface area contributed by atoms with E-state index in [-0.39, 0.29) is 0 Å². The predicted molar refractivity (Wildman–Crippen MR) is 130 cm³/mol. The standard InChI is InChI=1S/C26H27N3O5/c1-4-33-22-12-10-21(11-13-22)28-25(30)26(31)29-27-16-19-9-14-23(24(15-19)32-3)34-17-20-8-6-5-7-18(20)2/h5-16H,4,17H2,1-3H3,(H,28,30)(H,29,31)/b27-16+. The molecular weight excluding hydrogens is 434 g/mol. The molecular formula is C26H27N3O5. The smallest absolute Gasteiger partial charge is 0.329 e. The van der Waals surface area contributed by atoms with Crippen molar-refractivity contribution in [1.82, 2.24) is 5.43 Å². The highest BCUT2D eigenvalue weighted by Gasteiger charge is 2.13. The first kappa shape index (κ1) is 24.3. The molecule has 3 rings (SSSR count). The second-order valence-electron chi connectivity index (χ2n) is 7.24. The third-order valence-corrected chi connectivity index (χ3v) is 4.84. The first-order valence-corrected chi connectivity index (χ1v) is 10.7. The Labute approximate surface area is 198 Å². The van der Waals surface area contributed by atoms with Gasteiger partial charge in [0.15, 0.2) is 11.5 Å². The van der Waals surface area contributed by atoms with Gasteiger partial charge in [-0.25, -0.2) is 5.43 Å². The Kier molecular flexibility index (Phi) is 8.62. The van der Waals surface area contributed by atoms with Crippen molar-refractivity contribution >= 4 is 23.7 Å². The largest absolute Gasteiger partial charge is 0.494 e. The SMILES string of the molecule is CCOc1ccc(NC(=O)C(=O)N/N=C/c2ccc(OCc3ccccc3C)c(OC)c2)cc1. The van der Waals surface area contributed by atoms with Crippen LogP contribution >= 0.6 is 0 Å². The van der Waals surface area contributed by atoms with Crippen molar-refractivity contribution in [3.63, 3.8) is 0 Å². The number of hydrogen-bond donors (Lipinski definition) is 2. The van der Waals surface area contributed by atoms with Crippen molar-refractivity contribution in [2.75, 3.05) is 19.0 Å². The van der Waals surface area contributed by atoms with Crippen LogP contribution in [0.15, 0.2) is 71.8 Å². The Bertz CT molecular complexity index is 1160. The topological polar surface area (TPSA) is 98.2 Å². The van der Waals surface area contributed by atoms with E-state index in [0.29, 0.717) is 41.7 Å². The maximum absolute atomic E-state index is 12.1. The van der Waals surface area contributed by atoms with Gasteiger partial charge >= 0.3 is 11.8 Å². The molecule has 0 aromatic heterocycles. The highest BCUT2D eigenvalue weighted by atomic mass is 16.5. The first-order chi connectivity index (χ1) is 16.5. The average molecular weight is 462 g/mol. The normalized spacial score (nSPS) is 10.6. The van der Waals surface area contributed by atoms with Gasteiger partial charge in [-0.1, -0.05) is 24.3 Å². The molecule has 8 nitrogen and oxygen atoms in total. The number of carbonyl (C=O) groups excluding carboxylic acids is 2. The van der Waals surface area contributed by atoms with Gasteiger partial charge < -0.3 is 19.5 Å². The number of methoxy groups -OCH3 is 1.